The molecule has 0 spiro atoms. The standard InChI is InChI=1S/C20H22ClNO3/c1-14-5-3-4-6-17(14)20(24)9-11-22(12-10-20)19(23)16-8-7-15(21)13-18(16)25-2/h3-8,13,24H,9-12H2,1-2H3. The van der Waals surface area contributed by atoms with Crippen molar-refractivity contribution in [3.8, 4) is 5.75 Å². The van der Waals surface area contributed by atoms with Crippen molar-refractivity contribution >= 4 is 17.5 Å². The van der Waals surface area contributed by atoms with Crippen LogP contribution in [-0.2, 0) is 5.60 Å². The van der Waals surface area contributed by atoms with Gasteiger partial charge in [-0.05, 0) is 49.1 Å². The average molecular weight is 360 g/mol. The van der Waals surface area contributed by atoms with E-state index < -0.39 is 5.60 Å². The van der Waals surface area contributed by atoms with Crippen molar-refractivity contribution in [2.75, 3.05) is 20.2 Å². The van der Waals surface area contributed by atoms with Gasteiger partial charge in [-0.1, -0.05) is 35.9 Å². The number of ether oxygens (including phenoxy) is 1. The first-order chi connectivity index (χ1) is 11.9. The van der Waals surface area contributed by atoms with Gasteiger partial charge in [-0.2, -0.15) is 0 Å². The van der Waals surface area contributed by atoms with Gasteiger partial charge in [0.2, 0.25) is 0 Å². The van der Waals surface area contributed by atoms with Gasteiger partial charge in [-0.15, -0.1) is 0 Å². The maximum atomic E-state index is 12.8. The molecule has 1 heterocycles. The summed E-state index contributed by atoms with van der Waals surface area (Å²) in [7, 11) is 1.52. The van der Waals surface area contributed by atoms with E-state index in [9.17, 15) is 9.90 Å². The predicted molar refractivity (Wildman–Crippen MR) is 98.2 cm³/mol. The quantitative estimate of drug-likeness (QED) is 0.907. The topological polar surface area (TPSA) is 49.8 Å². The minimum atomic E-state index is -0.883. The smallest absolute Gasteiger partial charge is 0.257 e. The Morgan fingerprint density at radius 1 is 1.20 bits per heavy atom. The Bertz CT molecular complexity index is 782. The lowest BCUT2D eigenvalue weighted by atomic mass is 9.82. The molecule has 1 amide bonds. The van der Waals surface area contributed by atoms with Crippen LogP contribution in [0.1, 0.15) is 34.3 Å². The summed E-state index contributed by atoms with van der Waals surface area (Å²) in [5.41, 5.74) is 1.63. The number of rotatable bonds is 3. The molecule has 1 N–H and O–H groups in total. The molecular weight excluding hydrogens is 338 g/mol. The molecule has 5 heteroatoms. The molecule has 2 aromatic carbocycles. The third kappa shape index (κ3) is 3.51. The molecule has 1 fully saturated rings. The maximum Gasteiger partial charge on any atom is 0.257 e. The molecule has 0 aliphatic carbocycles. The summed E-state index contributed by atoms with van der Waals surface area (Å²) in [6.07, 6.45) is 1.03. The SMILES string of the molecule is COc1cc(Cl)ccc1C(=O)N1CCC(O)(c2ccccc2C)CC1. The van der Waals surface area contributed by atoms with Crippen LogP contribution in [-0.4, -0.2) is 36.1 Å². The highest BCUT2D eigenvalue weighted by atomic mass is 35.5. The van der Waals surface area contributed by atoms with Crippen molar-refractivity contribution in [1.82, 2.24) is 4.90 Å². The highest BCUT2D eigenvalue weighted by molar-refractivity contribution is 6.30. The number of methoxy groups -OCH3 is 1. The minimum absolute atomic E-state index is 0.0969. The van der Waals surface area contributed by atoms with Crippen LogP contribution in [0.2, 0.25) is 5.02 Å². The van der Waals surface area contributed by atoms with Crippen LogP contribution >= 0.6 is 11.6 Å². The molecule has 2 aromatic rings. The van der Waals surface area contributed by atoms with Crippen molar-refractivity contribution in [3.63, 3.8) is 0 Å². The Hall–Kier alpha value is -2.04. The van der Waals surface area contributed by atoms with E-state index in [-0.39, 0.29) is 5.91 Å². The summed E-state index contributed by atoms with van der Waals surface area (Å²) in [6.45, 7) is 2.99. The summed E-state index contributed by atoms with van der Waals surface area (Å²) < 4.78 is 5.28. The number of halogens is 1. The number of amides is 1. The third-order valence-corrected chi connectivity index (χ3v) is 5.15. The molecule has 132 valence electrons. The van der Waals surface area contributed by atoms with E-state index in [2.05, 4.69) is 0 Å². The third-order valence-electron chi connectivity index (χ3n) is 4.92. The van der Waals surface area contributed by atoms with E-state index >= 15 is 0 Å². The number of nitrogens with zero attached hydrogens (tertiary/aromatic N) is 1. The fourth-order valence-electron chi connectivity index (χ4n) is 3.46. The van der Waals surface area contributed by atoms with E-state index in [1.807, 2.05) is 31.2 Å². The number of aryl methyl sites for hydroxylation is 1. The highest BCUT2D eigenvalue weighted by Gasteiger charge is 2.36. The Labute approximate surface area is 153 Å². The second kappa shape index (κ2) is 7.06. The zero-order valence-corrected chi connectivity index (χ0v) is 15.2. The van der Waals surface area contributed by atoms with E-state index in [4.69, 9.17) is 16.3 Å². The second-order valence-electron chi connectivity index (χ2n) is 6.48. The first-order valence-electron chi connectivity index (χ1n) is 8.36. The van der Waals surface area contributed by atoms with Gasteiger partial charge >= 0.3 is 0 Å². The van der Waals surface area contributed by atoms with Gasteiger partial charge in [0.05, 0.1) is 18.3 Å². The molecule has 4 nitrogen and oxygen atoms in total. The van der Waals surface area contributed by atoms with Crippen LogP contribution < -0.4 is 4.74 Å². The van der Waals surface area contributed by atoms with Gasteiger partial charge in [-0.3, -0.25) is 4.79 Å². The molecule has 1 saturated heterocycles. The first-order valence-corrected chi connectivity index (χ1v) is 8.74. The van der Waals surface area contributed by atoms with E-state index in [1.54, 1.807) is 23.1 Å². The largest absolute Gasteiger partial charge is 0.496 e. The molecule has 0 radical (unpaired) electrons. The lowest BCUT2D eigenvalue weighted by molar-refractivity contribution is -0.0216. The summed E-state index contributed by atoms with van der Waals surface area (Å²) in [4.78, 5) is 14.6. The van der Waals surface area contributed by atoms with Gasteiger partial charge in [0.1, 0.15) is 5.75 Å². The van der Waals surface area contributed by atoms with Crippen molar-refractivity contribution in [1.29, 1.82) is 0 Å². The Balaban J connectivity index is 1.76. The van der Waals surface area contributed by atoms with Crippen LogP contribution in [0.3, 0.4) is 0 Å². The fraction of sp³-hybridized carbons (Fsp3) is 0.350. The van der Waals surface area contributed by atoms with Gasteiger partial charge in [0, 0.05) is 18.1 Å². The molecule has 1 aliphatic rings. The van der Waals surface area contributed by atoms with Crippen molar-refractivity contribution in [3.05, 3.63) is 64.2 Å². The Kier molecular flexibility index (Phi) is 5.02. The number of piperidine rings is 1. The zero-order chi connectivity index (χ0) is 18.0. The summed E-state index contributed by atoms with van der Waals surface area (Å²) in [5, 5.41) is 11.6. The Morgan fingerprint density at radius 2 is 1.88 bits per heavy atom. The van der Waals surface area contributed by atoms with E-state index in [0.717, 1.165) is 11.1 Å². The summed E-state index contributed by atoms with van der Waals surface area (Å²) in [6, 6.07) is 12.9. The lowest BCUT2D eigenvalue weighted by Crippen LogP contribution is -2.45. The van der Waals surface area contributed by atoms with Gasteiger partial charge in [0.15, 0.2) is 0 Å². The molecule has 0 aromatic heterocycles. The molecule has 25 heavy (non-hydrogen) atoms. The van der Waals surface area contributed by atoms with Crippen LogP contribution in [0.15, 0.2) is 42.5 Å². The lowest BCUT2D eigenvalue weighted by Gasteiger charge is -2.39. The number of benzene rings is 2. The molecule has 0 atom stereocenters. The second-order valence-corrected chi connectivity index (χ2v) is 6.92. The van der Waals surface area contributed by atoms with Crippen molar-refractivity contribution in [2.24, 2.45) is 0 Å². The van der Waals surface area contributed by atoms with E-state index in [1.165, 1.54) is 7.11 Å². The fourth-order valence-corrected chi connectivity index (χ4v) is 3.62. The number of carbonyl (C=O) groups excluding carboxylic acids is 1. The molecule has 3 rings (SSSR count). The molecule has 1 aliphatic heterocycles. The first kappa shape index (κ1) is 17.8. The molecular formula is C20H22ClNO3. The van der Waals surface area contributed by atoms with Gasteiger partial charge in [0.25, 0.3) is 5.91 Å². The number of hydrogen-bond acceptors (Lipinski definition) is 3. The van der Waals surface area contributed by atoms with Crippen LogP contribution in [0.5, 0.6) is 5.75 Å². The summed E-state index contributed by atoms with van der Waals surface area (Å²) >= 11 is 5.97. The van der Waals surface area contributed by atoms with E-state index in [0.29, 0.717) is 42.3 Å². The van der Waals surface area contributed by atoms with Crippen molar-refractivity contribution < 1.29 is 14.6 Å². The van der Waals surface area contributed by atoms with Crippen LogP contribution in [0.25, 0.3) is 0 Å². The average Bonchev–Trinajstić information content (AvgIpc) is 2.62. The zero-order valence-electron chi connectivity index (χ0n) is 14.5. The molecule has 0 saturated carbocycles. The van der Waals surface area contributed by atoms with Crippen LogP contribution in [0.4, 0.5) is 0 Å². The van der Waals surface area contributed by atoms with Gasteiger partial charge < -0.3 is 14.7 Å². The van der Waals surface area contributed by atoms with Crippen molar-refractivity contribution in [2.45, 2.75) is 25.4 Å². The van der Waals surface area contributed by atoms with Gasteiger partial charge in [-0.25, -0.2) is 0 Å². The highest BCUT2D eigenvalue weighted by Crippen LogP contribution is 2.35. The number of hydrogen-bond donors (Lipinski definition) is 1. The monoisotopic (exact) mass is 359 g/mol. The van der Waals surface area contributed by atoms with Crippen LogP contribution in [0, 0.1) is 6.92 Å². The predicted octanol–water partition coefficient (Wildman–Crippen LogP) is 3.78. The Morgan fingerprint density at radius 3 is 2.52 bits per heavy atom. The number of likely N-dealkylation sites (tertiary alicyclic amines) is 1. The number of aliphatic hydroxyl groups is 1. The summed E-state index contributed by atoms with van der Waals surface area (Å²) in [5.74, 6) is 0.373. The molecule has 0 bridgehead atoms. The minimum Gasteiger partial charge on any atom is -0.496 e. The normalized spacial score (nSPS) is 16.6. The number of carbonyl (C=O) groups is 1. The molecule has 0 unspecified atom stereocenters. The maximum absolute atomic E-state index is 12.8.